The Morgan fingerprint density at radius 2 is 2.20 bits per heavy atom. The van der Waals surface area contributed by atoms with Crippen LogP contribution in [0.25, 0.3) is 0 Å². The van der Waals surface area contributed by atoms with Gasteiger partial charge < -0.3 is 19.9 Å². The summed E-state index contributed by atoms with van der Waals surface area (Å²) in [6.45, 7) is 5.74. The van der Waals surface area contributed by atoms with Crippen LogP contribution in [0.2, 0.25) is 0 Å². The average molecular weight is 459 g/mol. The summed E-state index contributed by atoms with van der Waals surface area (Å²) in [4.78, 5) is 13.5. The Morgan fingerprint density at radius 3 is 2.80 bits per heavy atom. The average Bonchev–Trinajstić information content (AvgIpc) is 3.29. The standard InChI is InChI=1S/C18H29N5O.HI/c1-19-18(22(2)13-16-7-10-24-14-16)21-12-15-5-6-17(20-11-15)23-8-3-4-9-23;/h5-6,11,16H,3-4,7-10,12-14H2,1-2H3,(H,19,21);1H. The zero-order valence-corrected chi connectivity index (χ0v) is 17.6. The maximum Gasteiger partial charge on any atom is 0.193 e. The summed E-state index contributed by atoms with van der Waals surface area (Å²) in [6.07, 6.45) is 5.67. The third kappa shape index (κ3) is 5.70. The number of hydrogen-bond acceptors (Lipinski definition) is 4. The van der Waals surface area contributed by atoms with Gasteiger partial charge in [-0.25, -0.2) is 4.98 Å². The Hall–Kier alpha value is -1.09. The van der Waals surface area contributed by atoms with E-state index in [0.29, 0.717) is 5.92 Å². The molecule has 2 aliphatic heterocycles. The van der Waals surface area contributed by atoms with Crippen molar-refractivity contribution in [3.8, 4) is 0 Å². The van der Waals surface area contributed by atoms with E-state index in [1.165, 1.54) is 18.4 Å². The van der Waals surface area contributed by atoms with E-state index in [-0.39, 0.29) is 24.0 Å². The molecule has 140 valence electrons. The number of nitrogens with zero attached hydrogens (tertiary/aromatic N) is 4. The number of guanidine groups is 1. The molecule has 0 amide bonds. The monoisotopic (exact) mass is 459 g/mol. The Kier molecular flexibility index (Phi) is 8.21. The van der Waals surface area contributed by atoms with E-state index in [9.17, 15) is 0 Å². The molecule has 0 bridgehead atoms. The first-order chi connectivity index (χ1) is 11.8. The highest BCUT2D eigenvalue weighted by Gasteiger charge is 2.19. The predicted octanol–water partition coefficient (Wildman–Crippen LogP) is 2.34. The lowest BCUT2D eigenvalue weighted by Crippen LogP contribution is -2.41. The third-order valence-electron chi connectivity index (χ3n) is 4.82. The Morgan fingerprint density at radius 1 is 1.40 bits per heavy atom. The van der Waals surface area contributed by atoms with Crippen molar-refractivity contribution in [1.82, 2.24) is 15.2 Å². The lowest BCUT2D eigenvalue weighted by Gasteiger charge is -2.24. The third-order valence-corrected chi connectivity index (χ3v) is 4.82. The highest BCUT2D eigenvalue weighted by Crippen LogP contribution is 2.17. The molecule has 1 aromatic rings. The SMILES string of the molecule is CN=C(NCc1ccc(N2CCCC2)nc1)N(C)CC1CCOC1.I. The van der Waals surface area contributed by atoms with Crippen molar-refractivity contribution in [2.75, 3.05) is 51.8 Å². The van der Waals surface area contributed by atoms with Crippen molar-refractivity contribution in [3.05, 3.63) is 23.9 Å². The van der Waals surface area contributed by atoms with Crippen molar-refractivity contribution in [1.29, 1.82) is 0 Å². The number of nitrogens with one attached hydrogen (secondary N) is 1. The number of anilines is 1. The number of halogens is 1. The molecule has 1 unspecified atom stereocenters. The molecule has 1 N–H and O–H groups in total. The number of aromatic nitrogens is 1. The number of rotatable bonds is 5. The quantitative estimate of drug-likeness (QED) is 0.416. The molecule has 0 radical (unpaired) electrons. The summed E-state index contributed by atoms with van der Waals surface area (Å²) >= 11 is 0. The largest absolute Gasteiger partial charge is 0.381 e. The van der Waals surface area contributed by atoms with E-state index in [1.54, 1.807) is 0 Å². The van der Waals surface area contributed by atoms with Gasteiger partial charge in [-0.15, -0.1) is 24.0 Å². The zero-order chi connectivity index (χ0) is 16.8. The minimum atomic E-state index is 0. The van der Waals surface area contributed by atoms with E-state index in [2.05, 4.69) is 44.3 Å². The molecule has 0 spiro atoms. The van der Waals surface area contributed by atoms with Gasteiger partial charge in [-0.3, -0.25) is 4.99 Å². The van der Waals surface area contributed by atoms with Crippen LogP contribution in [-0.4, -0.2) is 62.8 Å². The summed E-state index contributed by atoms with van der Waals surface area (Å²) in [5.74, 6) is 2.62. The fraction of sp³-hybridized carbons (Fsp3) is 0.667. The molecule has 25 heavy (non-hydrogen) atoms. The van der Waals surface area contributed by atoms with Gasteiger partial charge in [-0.1, -0.05) is 6.07 Å². The van der Waals surface area contributed by atoms with E-state index in [4.69, 9.17) is 4.74 Å². The van der Waals surface area contributed by atoms with Crippen molar-refractivity contribution < 1.29 is 4.74 Å². The summed E-state index contributed by atoms with van der Waals surface area (Å²) in [6, 6.07) is 4.29. The predicted molar refractivity (Wildman–Crippen MR) is 113 cm³/mol. The van der Waals surface area contributed by atoms with Crippen LogP contribution in [-0.2, 0) is 11.3 Å². The molecule has 1 aromatic heterocycles. The first-order valence-electron chi connectivity index (χ1n) is 8.95. The molecule has 0 aliphatic carbocycles. The molecule has 7 heteroatoms. The lowest BCUT2D eigenvalue weighted by molar-refractivity contribution is 0.181. The number of aliphatic imine (C=N–C) groups is 1. The highest BCUT2D eigenvalue weighted by molar-refractivity contribution is 14.0. The summed E-state index contributed by atoms with van der Waals surface area (Å²) in [7, 11) is 3.92. The van der Waals surface area contributed by atoms with E-state index in [1.807, 2.05) is 13.2 Å². The molecule has 3 rings (SSSR count). The number of hydrogen-bond donors (Lipinski definition) is 1. The van der Waals surface area contributed by atoms with Crippen molar-refractivity contribution in [3.63, 3.8) is 0 Å². The minimum Gasteiger partial charge on any atom is -0.381 e. The molecule has 1 atom stereocenters. The molecule has 2 aliphatic rings. The second kappa shape index (κ2) is 10.2. The summed E-state index contributed by atoms with van der Waals surface area (Å²) in [5.41, 5.74) is 1.18. The van der Waals surface area contributed by atoms with Gasteiger partial charge in [0.25, 0.3) is 0 Å². The van der Waals surface area contributed by atoms with Crippen LogP contribution in [0.15, 0.2) is 23.3 Å². The van der Waals surface area contributed by atoms with Gasteiger partial charge in [0.1, 0.15) is 5.82 Å². The van der Waals surface area contributed by atoms with Gasteiger partial charge >= 0.3 is 0 Å². The highest BCUT2D eigenvalue weighted by atomic mass is 127. The Balaban J connectivity index is 0.00000225. The number of ether oxygens (including phenoxy) is 1. The zero-order valence-electron chi connectivity index (χ0n) is 15.3. The van der Waals surface area contributed by atoms with Gasteiger partial charge in [0, 0.05) is 59.0 Å². The Labute approximate surface area is 168 Å². The lowest BCUT2D eigenvalue weighted by atomic mass is 10.1. The molecule has 0 aromatic carbocycles. The molecule has 2 fully saturated rings. The van der Waals surface area contributed by atoms with Crippen molar-refractivity contribution >= 4 is 35.8 Å². The fourth-order valence-electron chi connectivity index (χ4n) is 3.42. The smallest absolute Gasteiger partial charge is 0.193 e. The van der Waals surface area contributed by atoms with Crippen LogP contribution in [0.1, 0.15) is 24.8 Å². The topological polar surface area (TPSA) is 53.0 Å². The van der Waals surface area contributed by atoms with Crippen LogP contribution >= 0.6 is 24.0 Å². The van der Waals surface area contributed by atoms with Gasteiger partial charge in [0.05, 0.1) is 6.61 Å². The van der Waals surface area contributed by atoms with Crippen molar-refractivity contribution in [2.24, 2.45) is 10.9 Å². The minimum absolute atomic E-state index is 0. The van der Waals surface area contributed by atoms with E-state index in [0.717, 1.165) is 57.6 Å². The molecule has 2 saturated heterocycles. The fourth-order valence-corrected chi connectivity index (χ4v) is 3.42. The van der Waals surface area contributed by atoms with Crippen LogP contribution < -0.4 is 10.2 Å². The Bertz CT molecular complexity index is 539. The normalized spacial score (nSPS) is 20.5. The van der Waals surface area contributed by atoms with Crippen LogP contribution in [0.3, 0.4) is 0 Å². The summed E-state index contributed by atoms with van der Waals surface area (Å²) < 4.78 is 5.45. The molecular formula is C18H30IN5O. The first-order valence-corrected chi connectivity index (χ1v) is 8.95. The molecule has 3 heterocycles. The van der Waals surface area contributed by atoms with Gasteiger partial charge in [-0.2, -0.15) is 0 Å². The van der Waals surface area contributed by atoms with Crippen LogP contribution in [0.4, 0.5) is 5.82 Å². The van der Waals surface area contributed by atoms with Gasteiger partial charge in [-0.05, 0) is 30.9 Å². The maximum absolute atomic E-state index is 5.45. The van der Waals surface area contributed by atoms with E-state index < -0.39 is 0 Å². The van der Waals surface area contributed by atoms with Crippen LogP contribution in [0.5, 0.6) is 0 Å². The number of pyridine rings is 1. The second-order valence-electron chi connectivity index (χ2n) is 6.73. The first kappa shape index (κ1) is 20.2. The second-order valence-corrected chi connectivity index (χ2v) is 6.73. The summed E-state index contributed by atoms with van der Waals surface area (Å²) in [5, 5.41) is 3.43. The molecule has 0 saturated carbocycles. The van der Waals surface area contributed by atoms with Gasteiger partial charge in [0.2, 0.25) is 0 Å². The van der Waals surface area contributed by atoms with E-state index >= 15 is 0 Å². The van der Waals surface area contributed by atoms with Gasteiger partial charge in [0.15, 0.2) is 5.96 Å². The molecule has 6 nitrogen and oxygen atoms in total. The molecular weight excluding hydrogens is 429 g/mol. The van der Waals surface area contributed by atoms with Crippen molar-refractivity contribution in [2.45, 2.75) is 25.8 Å². The van der Waals surface area contributed by atoms with Crippen LogP contribution in [0, 0.1) is 5.92 Å². The maximum atomic E-state index is 5.45.